The number of halogens is 1. The first-order valence-corrected chi connectivity index (χ1v) is 17.5. The topological polar surface area (TPSA) is 149 Å². The van der Waals surface area contributed by atoms with Gasteiger partial charge in [0.2, 0.25) is 11.7 Å². The molecule has 2 aliphatic rings. The number of allylic oxidation sites excluding steroid dienone is 1. The predicted octanol–water partition coefficient (Wildman–Crippen LogP) is 7.87. The fourth-order valence-electron chi connectivity index (χ4n) is 5.88. The van der Waals surface area contributed by atoms with Gasteiger partial charge in [-0.25, -0.2) is 4.98 Å². The largest absolute Gasteiger partial charge is 0.398 e. The Morgan fingerprint density at radius 3 is 2.35 bits per heavy atom. The molecule has 1 aliphatic carbocycles. The van der Waals surface area contributed by atoms with Gasteiger partial charge in [-0.1, -0.05) is 53.7 Å². The summed E-state index contributed by atoms with van der Waals surface area (Å²) in [5, 5.41) is 19.5. The molecule has 7 rings (SSSR count). The average molecular weight is 731 g/mol. The highest BCUT2D eigenvalue weighted by Gasteiger charge is 2.28. The molecule has 2 heterocycles. The van der Waals surface area contributed by atoms with Crippen molar-refractivity contribution in [2.24, 2.45) is 10.3 Å². The van der Waals surface area contributed by atoms with E-state index in [0.29, 0.717) is 17.1 Å². The number of benzene rings is 4. The summed E-state index contributed by atoms with van der Waals surface area (Å²) < 4.78 is 0. The molecule has 0 fully saturated rings. The number of aromatic nitrogens is 1. The smallest absolute Gasteiger partial charge is 0.280 e. The van der Waals surface area contributed by atoms with Gasteiger partial charge >= 0.3 is 0 Å². The van der Waals surface area contributed by atoms with Crippen LogP contribution in [0.25, 0.3) is 6.08 Å². The molecular formula is C38H31ClN8O4S. The van der Waals surface area contributed by atoms with E-state index in [1.165, 1.54) is 13.2 Å². The molecule has 12 nitrogen and oxygen atoms in total. The summed E-state index contributed by atoms with van der Waals surface area (Å²) >= 11 is 6.74. The van der Waals surface area contributed by atoms with E-state index in [4.69, 9.17) is 16.4 Å². The number of thiazole rings is 1. The van der Waals surface area contributed by atoms with Crippen molar-refractivity contribution in [2.75, 3.05) is 39.3 Å². The second-order valence-electron chi connectivity index (χ2n) is 11.8. The fourth-order valence-corrected chi connectivity index (χ4v) is 6.66. The van der Waals surface area contributed by atoms with Gasteiger partial charge in [-0.05, 0) is 73.0 Å². The highest BCUT2D eigenvalue weighted by atomic mass is 35.5. The number of amides is 2. The molecule has 0 radical (unpaired) electrons. The van der Waals surface area contributed by atoms with Crippen molar-refractivity contribution in [2.45, 2.75) is 13.8 Å². The molecule has 2 amide bonds. The van der Waals surface area contributed by atoms with Gasteiger partial charge in [-0.3, -0.25) is 19.8 Å². The van der Waals surface area contributed by atoms with Crippen LogP contribution in [0.4, 0.5) is 44.9 Å². The zero-order valence-corrected chi connectivity index (χ0v) is 29.7. The predicted molar refractivity (Wildman–Crippen MR) is 208 cm³/mol. The van der Waals surface area contributed by atoms with Gasteiger partial charge in [-0.15, -0.1) is 22.9 Å². The maximum absolute atomic E-state index is 13.7. The van der Waals surface area contributed by atoms with E-state index in [0.717, 1.165) is 62.0 Å². The molecule has 0 atom stereocenters. The van der Waals surface area contributed by atoms with Crippen molar-refractivity contribution in [1.82, 2.24) is 4.98 Å². The number of carbonyl (C=O) groups excluding carboxylic acids is 3. The SMILES string of the molecule is CO/N=C(\C(=O)Nc1cc2c(cc1C)Nc1cc(C)c(N/N=C3\C(=O)C=Cc4ccccc43)cc1N2c1ccccc1)c1csc(NC(=O)CCl)n1. The summed E-state index contributed by atoms with van der Waals surface area (Å²) in [6.07, 6.45) is 3.32. The second-order valence-corrected chi connectivity index (χ2v) is 12.9. The average Bonchev–Trinajstić information content (AvgIpc) is 3.61. The third-order valence-electron chi connectivity index (χ3n) is 8.36. The minimum absolute atomic E-state index is 0.0759. The number of hydrogen-bond acceptors (Lipinski definition) is 11. The number of carbonyl (C=O) groups is 3. The molecular weight excluding hydrogens is 700 g/mol. The highest BCUT2D eigenvalue weighted by Crippen LogP contribution is 2.50. The number of hydrogen-bond donors (Lipinski definition) is 4. The van der Waals surface area contributed by atoms with Crippen LogP contribution in [0.3, 0.4) is 0 Å². The molecule has 0 saturated carbocycles. The summed E-state index contributed by atoms with van der Waals surface area (Å²) in [4.78, 5) is 49.8. The van der Waals surface area contributed by atoms with Crippen molar-refractivity contribution in [3.05, 3.63) is 118 Å². The Bertz CT molecular complexity index is 2340. The summed E-state index contributed by atoms with van der Waals surface area (Å²) in [6.45, 7) is 3.87. The summed E-state index contributed by atoms with van der Waals surface area (Å²) in [5.74, 6) is -1.39. The molecule has 4 N–H and O–H groups in total. The van der Waals surface area contributed by atoms with Crippen molar-refractivity contribution < 1.29 is 19.2 Å². The van der Waals surface area contributed by atoms with Crippen molar-refractivity contribution in [1.29, 1.82) is 0 Å². The van der Waals surface area contributed by atoms with Gasteiger partial charge in [0.05, 0.1) is 28.4 Å². The number of ketones is 1. The number of nitrogens with zero attached hydrogens (tertiary/aromatic N) is 4. The molecule has 52 heavy (non-hydrogen) atoms. The number of alkyl halides is 1. The van der Waals surface area contributed by atoms with E-state index in [9.17, 15) is 14.4 Å². The van der Waals surface area contributed by atoms with Gasteiger partial charge in [0, 0.05) is 22.3 Å². The third-order valence-corrected chi connectivity index (χ3v) is 9.36. The van der Waals surface area contributed by atoms with E-state index in [1.807, 2.05) is 92.7 Å². The molecule has 260 valence electrons. The molecule has 0 spiro atoms. The van der Waals surface area contributed by atoms with Crippen LogP contribution < -0.4 is 26.3 Å². The first-order valence-electron chi connectivity index (χ1n) is 16.0. The van der Waals surface area contributed by atoms with E-state index in [2.05, 4.69) is 41.5 Å². The van der Waals surface area contributed by atoms with E-state index >= 15 is 0 Å². The van der Waals surface area contributed by atoms with Gasteiger partial charge in [-0.2, -0.15) is 5.10 Å². The van der Waals surface area contributed by atoms with Crippen LogP contribution in [0.5, 0.6) is 0 Å². The first kappa shape index (κ1) is 34.2. The minimum Gasteiger partial charge on any atom is -0.398 e. The van der Waals surface area contributed by atoms with Gasteiger partial charge < -0.3 is 25.7 Å². The number of rotatable bonds is 9. The number of hydrazone groups is 1. The monoisotopic (exact) mass is 730 g/mol. The minimum atomic E-state index is -0.559. The normalized spacial score (nSPS) is 13.8. The summed E-state index contributed by atoms with van der Waals surface area (Å²) in [7, 11) is 1.33. The molecule has 0 unspecified atom stereocenters. The Morgan fingerprint density at radius 1 is 0.923 bits per heavy atom. The zero-order chi connectivity index (χ0) is 36.4. The molecule has 5 aromatic rings. The van der Waals surface area contributed by atoms with Gasteiger partial charge in [0.15, 0.2) is 10.8 Å². The molecule has 1 aliphatic heterocycles. The van der Waals surface area contributed by atoms with Gasteiger partial charge in [0.25, 0.3) is 5.91 Å². The zero-order valence-electron chi connectivity index (χ0n) is 28.2. The highest BCUT2D eigenvalue weighted by molar-refractivity contribution is 7.14. The quantitative estimate of drug-likeness (QED) is 0.0667. The lowest BCUT2D eigenvalue weighted by Gasteiger charge is -2.35. The summed E-state index contributed by atoms with van der Waals surface area (Å²) in [6, 6.07) is 25.4. The lowest BCUT2D eigenvalue weighted by molar-refractivity contribution is -0.114. The molecule has 0 saturated heterocycles. The van der Waals surface area contributed by atoms with Crippen LogP contribution in [0.1, 0.15) is 27.9 Å². The van der Waals surface area contributed by atoms with E-state index < -0.39 is 11.8 Å². The number of aryl methyl sites for hydroxylation is 2. The Labute approximate surface area is 307 Å². The Kier molecular flexibility index (Phi) is 9.53. The van der Waals surface area contributed by atoms with Crippen molar-refractivity contribution in [3.63, 3.8) is 0 Å². The summed E-state index contributed by atoms with van der Waals surface area (Å²) in [5.41, 5.74) is 12.4. The Balaban J connectivity index is 1.24. The number of oxime groups is 1. The number of anilines is 8. The maximum atomic E-state index is 13.7. The fraction of sp³-hybridized carbons (Fsp3) is 0.105. The maximum Gasteiger partial charge on any atom is 0.280 e. The first-order chi connectivity index (χ1) is 25.2. The van der Waals surface area contributed by atoms with Crippen LogP contribution in [-0.2, 0) is 19.2 Å². The van der Waals surface area contributed by atoms with Gasteiger partial charge in [0.1, 0.15) is 24.4 Å². The van der Waals surface area contributed by atoms with Crippen LogP contribution >= 0.6 is 22.9 Å². The number of nitrogens with one attached hydrogen (secondary N) is 4. The van der Waals surface area contributed by atoms with Crippen molar-refractivity contribution >= 4 is 103 Å². The van der Waals surface area contributed by atoms with Crippen LogP contribution in [0.2, 0.25) is 0 Å². The third kappa shape index (κ3) is 6.74. The standard InChI is InChI=1S/C38H31ClN8O4S/c1-21-15-28-31(17-26(21)41-37(50)36(46-51-3)30-20-52-38(42-30)43-34(49)19-39)47(24-10-5-4-6-11-24)32-18-27(22(2)16-29(32)40-28)44-45-35-25-12-8-7-9-23(25)13-14-33(35)48/h4-18,20,40,44H,19H2,1-3H3,(H,41,50)(H,42,43,49)/b45-35-,46-36-. The lowest BCUT2D eigenvalue weighted by atomic mass is 9.95. The molecule has 4 aromatic carbocycles. The Morgan fingerprint density at radius 2 is 1.62 bits per heavy atom. The Hall–Kier alpha value is -6.31. The van der Waals surface area contributed by atoms with Crippen molar-refractivity contribution in [3.8, 4) is 0 Å². The lowest BCUT2D eigenvalue weighted by Crippen LogP contribution is -2.26. The van der Waals surface area contributed by atoms with Crippen LogP contribution in [0, 0.1) is 13.8 Å². The molecule has 0 bridgehead atoms. The molecule has 14 heteroatoms. The van der Waals surface area contributed by atoms with E-state index in [-0.39, 0.29) is 28.2 Å². The molecule has 1 aromatic heterocycles. The van der Waals surface area contributed by atoms with E-state index in [1.54, 1.807) is 11.5 Å². The number of fused-ring (bicyclic) bond motifs is 3. The second kappa shape index (κ2) is 14.5. The van der Waals surface area contributed by atoms with Crippen LogP contribution in [0.15, 0.2) is 101 Å². The number of para-hydroxylation sites is 1. The van der Waals surface area contributed by atoms with Crippen LogP contribution in [-0.4, -0.2) is 47.0 Å².